The normalized spacial score (nSPS) is 10.0. The smallest absolute Gasteiger partial charge is 0.213 e. The number of pyridine rings is 1. The summed E-state index contributed by atoms with van der Waals surface area (Å²) in [5, 5.41) is 11.6. The first kappa shape index (κ1) is 11.8. The third-order valence-corrected chi connectivity index (χ3v) is 1.93. The van der Waals surface area contributed by atoms with E-state index in [4.69, 9.17) is 9.84 Å². The monoisotopic (exact) mass is 210 g/mol. The number of hydrogen-bond acceptors (Lipinski definition) is 4. The van der Waals surface area contributed by atoms with Gasteiger partial charge in [0.25, 0.3) is 0 Å². The molecule has 15 heavy (non-hydrogen) atoms. The van der Waals surface area contributed by atoms with Gasteiger partial charge in [-0.3, -0.25) is 0 Å². The van der Waals surface area contributed by atoms with Crippen molar-refractivity contribution in [2.75, 3.05) is 25.1 Å². The number of aliphatic hydroxyl groups excluding tert-OH is 1. The number of ether oxygens (including phenoxy) is 1. The predicted molar refractivity (Wildman–Crippen MR) is 60.2 cm³/mol. The van der Waals surface area contributed by atoms with E-state index in [1.165, 1.54) is 0 Å². The Labute approximate surface area is 90.3 Å². The Morgan fingerprint density at radius 1 is 1.47 bits per heavy atom. The van der Waals surface area contributed by atoms with Crippen molar-refractivity contribution in [2.45, 2.75) is 19.8 Å². The number of rotatable bonds is 7. The lowest BCUT2D eigenvalue weighted by Crippen LogP contribution is -2.05. The number of nitrogens with one attached hydrogen (secondary N) is 1. The average molecular weight is 210 g/mol. The van der Waals surface area contributed by atoms with Crippen molar-refractivity contribution in [2.24, 2.45) is 0 Å². The second kappa shape index (κ2) is 7.06. The summed E-state index contributed by atoms with van der Waals surface area (Å²) >= 11 is 0. The molecule has 1 aromatic rings. The van der Waals surface area contributed by atoms with Crippen molar-refractivity contribution < 1.29 is 9.84 Å². The molecule has 0 bridgehead atoms. The molecule has 0 amide bonds. The van der Waals surface area contributed by atoms with Crippen LogP contribution in [0.25, 0.3) is 0 Å². The van der Waals surface area contributed by atoms with Crippen LogP contribution in [0.4, 0.5) is 5.69 Å². The van der Waals surface area contributed by atoms with Crippen LogP contribution in [-0.4, -0.2) is 29.8 Å². The summed E-state index contributed by atoms with van der Waals surface area (Å²) in [5.41, 5.74) is 0.895. The summed E-state index contributed by atoms with van der Waals surface area (Å²) in [6, 6.07) is 3.72. The van der Waals surface area contributed by atoms with Crippen molar-refractivity contribution in [1.29, 1.82) is 0 Å². The molecule has 1 rings (SSSR count). The van der Waals surface area contributed by atoms with Crippen LogP contribution in [0, 0.1) is 0 Å². The number of hydrogen-bond donors (Lipinski definition) is 2. The summed E-state index contributed by atoms with van der Waals surface area (Å²) in [7, 11) is 0. The Kier molecular flexibility index (Phi) is 5.55. The lowest BCUT2D eigenvalue weighted by atomic mass is 10.3. The molecule has 84 valence electrons. The minimum absolute atomic E-state index is 0.120. The summed E-state index contributed by atoms with van der Waals surface area (Å²) < 4.78 is 5.42. The van der Waals surface area contributed by atoms with Gasteiger partial charge in [-0.05, 0) is 12.5 Å². The molecule has 1 aromatic heterocycles. The fourth-order valence-electron chi connectivity index (χ4n) is 1.09. The molecule has 1 heterocycles. The first-order valence-electron chi connectivity index (χ1n) is 5.30. The highest BCUT2D eigenvalue weighted by Crippen LogP contribution is 2.11. The van der Waals surface area contributed by atoms with Crippen LogP contribution in [0.1, 0.15) is 19.8 Å². The van der Waals surface area contributed by atoms with E-state index in [1.807, 2.05) is 12.1 Å². The first-order chi connectivity index (χ1) is 7.36. The molecule has 4 heteroatoms. The summed E-state index contributed by atoms with van der Waals surface area (Å²) in [6.45, 7) is 3.50. The zero-order chi connectivity index (χ0) is 10.9. The fourth-order valence-corrected chi connectivity index (χ4v) is 1.09. The second-order valence-corrected chi connectivity index (χ2v) is 3.24. The van der Waals surface area contributed by atoms with Crippen LogP contribution in [-0.2, 0) is 0 Å². The fraction of sp³-hybridized carbons (Fsp3) is 0.545. The molecule has 0 fully saturated rings. The molecule has 0 aromatic carbocycles. The largest absolute Gasteiger partial charge is 0.478 e. The van der Waals surface area contributed by atoms with E-state index in [9.17, 15) is 0 Å². The minimum Gasteiger partial charge on any atom is -0.478 e. The molecular formula is C11H18N2O2. The van der Waals surface area contributed by atoms with Crippen LogP contribution in [0.2, 0.25) is 0 Å². The minimum atomic E-state index is 0.120. The summed E-state index contributed by atoms with van der Waals surface area (Å²) in [4.78, 5) is 4.14. The Bertz CT molecular complexity index is 262. The Morgan fingerprint density at radius 2 is 2.33 bits per heavy atom. The van der Waals surface area contributed by atoms with Crippen LogP contribution in [0.5, 0.6) is 5.88 Å². The molecule has 0 aliphatic rings. The van der Waals surface area contributed by atoms with E-state index >= 15 is 0 Å². The van der Waals surface area contributed by atoms with E-state index in [2.05, 4.69) is 17.2 Å². The lowest BCUT2D eigenvalue weighted by molar-refractivity contribution is 0.298. The average Bonchev–Trinajstić information content (AvgIpc) is 2.28. The molecule has 0 saturated heterocycles. The van der Waals surface area contributed by atoms with Crippen molar-refractivity contribution >= 4 is 5.69 Å². The van der Waals surface area contributed by atoms with Crippen LogP contribution < -0.4 is 10.1 Å². The first-order valence-corrected chi connectivity index (χ1v) is 5.30. The lowest BCUT2D eigenvalue weighted by Gasteiger charge is -2.06. The van der Waals surface area contributed by atoms with Gasteiger partial charge in [-0.2, -0.15) is 0 Å². The van der Waals surface area contributed by atoms with Gasteiger partial charge in [0.1, 0.15) is 0 Å². The molecule has 2 N–H and O–H groups in total. The van der Waals surface area contributed by atoms with E-state index < -0.39 is 0 Å². The van der Waals surface area contributed by atoms with Crippen molar-refractivity contribution in [3.63, 3.8) is 0 Å². The topological polar surface area (TPSA) is 54.4 Å². The predicted octanol–water partition coefficient (Wildman–Crippen LogP) is 1.66. The molecule has 0 aliphatic heterocycles. The van der Waals surface area contributed by atoms with Crippen LogP contribution in [0.3, 0.4) is 0 Å². The summed E-state index contributed by atoms with van der Waals surface area (Å²) in [5.74, 6) is 0.651. The zero-order valence-corrected chi connectivity index (χ0v) is 9.07. The third-order valence-electron chi connectivity index (χ3n) is 1.93. The van der Waals surface area contributed by atoms with Crippen molar-refractivity contribution in [3.8, 4) is 5.88 Å². The number of unbranched alkanes of at least 4 members (excludes halogenated alkanes) is 1. The molecule has 0 aliphatic carbocycles. The van der Waals surface area contributed by atoms with Gasteiger partial charge in [0.2, 0.25) is 5.88 Å². The summed E-state index contributed by atoms with van der Waals surface area (Å²) in [6.07, 6.45) is 3.87. The SMILES string of the molecule is CCCCOc1ccc(NCCO)cn1. The zero-order valence-electron chi connectivity index (χ0n) is 9.07. The molecular weight excluding hydrogens is 192 g/mol. The van der Waals surface area contributed by atoms with Gasteiger partial charge >= 0.3 is 0 Å². The van der Waals surface area contributed by atoms with Gasteiger partial charge in [0.15, 0.2) is 0 Å². The number of aliphatic hydroxyl groups is 1. The molecule has 0 saturated carbocycles. The number of anilines is 1. The second-order valence-electron chi connectivity index (χ2n) is 3.24. The van der Waals surface area contributed by atoms with E-state index in [-0.39, 0.29) is 6.61 Å². The maximum Gasteiger partial charge on any atom is 0.213 e. The third kappa shape index (κ3) is 4.65. The van der Waals surface area contributed by atoms with Gasteiger partial charge in [-0.15, -0.1) is 0 Å². The standard InChI is InChI=1S/C11H18N2O2/c1-2-3-8-15-11-5-4-10(9-13-11)12-6-7-14/h4-5,9,12,14H,2-3,6-8H2,1H3. The molecule has 0 unspecified atom stereocenters. The molecule has 0 atom stereocenters. The van der Waals surface area contributed by atoms with Crippen molar-refractivity contribution in [3.05, 3.63) is 18.3 Å². The quantitative estimate of drug-likeness (QED) is 0.672. The number of aromatic nitrogens is 1. The van der Waals surface area contributed by atoms with E-state index in [0.29, 0.717) is 19.0 Å². The van der Waals surface area contributed by atoms with Crippen LogP contribution >= 0.6 is 0 Å². The Hall–Kier alpha value is -1.29. The molecule has 0 radical (unpaired) electrons. The molecule has 0 spiro atoms. The van der Waals surface area contributed by atoms with Crippen molar-refractivity contribution in [1.82, 2.24) is 4.98 Å². The van der Waals surface area contributed by atoms with Crippen LogP contribution in [0.15, 0.2) is 18.3 Å². The van der Waals surface area contributed by atoms with E-state index in [1.54, 1.807) is 6.20 Å². The maximum atomic E-state index is 8.62. The molecule has 4 nitrogen and oxygen atoms in total. The maximum absolute atomic E-state index is 8.62. The van der Waals surface area contributed by atoms with E-state index in [0.717, 1.165) is 18.5 Å². The van der Waals surface area contributed by atoms with Gasteiger partial charge in [0, 0.05) is 12.6 Å². The van der Waals surface area contributed by atoms with Gasteiger partial charge < -0.3 is 15.2 Å². The van der Waals surface area contributed by atoms with Gasteiger partial charge in [-0.1, -0.05) is 13.3 Å². The Balaban J connectivity index is 2.35. The highest BCUT2D eigenvalue weighted by molar-refractivity contribution is 5.41. The number of nitrogens with zero attached hydrogens (tertiary/aromatic N) is 1. The highest BCUT2D eigenvalue weighted by atomic mass is 16.5. The van der Waals surface area contributed by atoms with Gasteiger partial charge in [0.05, 0.1) is 25.1 Å². The van der Waals surface area contributed by atoms with Gasteiger partial charge in [-0.25, -0.2) is 4.98 Å². The Morgan fingerprint density at radius 3 is 2.93 bits per heavy atom. The highest BCUT2D eigenvalue weighted by Gasteiger charge is 1.95.